The summed E-state index contributed by atoms with van der Waals surface area (Å²) in [5, 5.41) is 21.4. The fourth-order valence-corrected chi connectivity index (χ4v) is 3.19. The lowest BCUT2D eigenvalue weighted by molar-refractivity contribution is -0.121. The molecule has 0 aliphatic rings. The predicted molar refractivity (Wildman–Crippen MR) is 89.7 cm³/mol. The second kappa shape index (κ2) is 8.17. The predicted octanol–water partition coefficient (Wildman–Crippen LogP) is 2.41. The second-order valence-electron chi connectivity index (χ2n) is 5.15. The maximum absolute atomic E-state index is 12.0. The Kier molecular flexibility index (Phi) is 7.20. The molecule has 1 amide bonds. The summed E-state index contributed by atoms with van der Waals surface area (Å²) in [5.41, 5.74) is 1.30. The van der Waals surface area contributed by atoms with Crippen molar-refractivity contribution in [2.45, 2.75) is 37.6 Å². The van der Waals surface area contributed by atoms with Crippen molar-refractivity contribution in [3.63, 3.8) is 0 Å². The third kappa shape index (κ3) is 4.98. The molecule has 1 aromatic rings. The molecule has 0 atom stereocenters. The van der Waals surface area contributed by atoms with E-state index in [2.05, 4.69) is 21.2 Å². The van der Waals surface area contributed by atoms with Crippen LogP contribution < -0.4 is 5.32 Å². The largest absolute Gasteiger partial charge is 0.394 e. The van der Waals surface area contributed by atoms with Crippen molar-refractivity contribution in [2.75, 3.05) is 19.0 Å². The third-order valence-corrected chi connectivity index (χ3v) is 5.51. The summed E-state index contributed by atoms with van der Waals surface area (Å²) in [7, 11) is 0. The Morgan fingerprint density at radius 3 is 2.43 bits per heavy atom. The molecule has 0 aromatic heterocycles. The minimum absolute atomic E-state index is 0.190. The van der Waals surface area contributed by atoms with Crippen molar-refractivity contribution in [1.29, 1.82) is 0 Å². The SMILES string of the molecule is CCC(CO)(CO)NC(=O)CSc1cc(C)c(Br)cc1C. The van der Waals surface area contributed by atoms with Crippen LogP contribution in [-0.2, 0) is 4.79 Å². The first-order valence-corrected chi connectivity index (χ1v) is 8.57. The van der Waals surface area contributed by atoms with Crippen LogP contribution in [0, 0.1) is 13.8 Å². The Hall–Kier alpha value is -0.560. The molecule has 0 saturated heterocycles. The van der Waals surface area contributed by atoms with E-state index < -0.39 is 5.54 Å². The number of aliphatic hydroxyl groups excluding tert-OH is 2. The lowest BCUT2D eigenvalue weighted by Gasteiger charge is -2.29. The second-order valence-corrected chi connectivity index (χ2v) is 7.03. The zero-order valence-electron chi connectivity index (χ0n) is 12.6. The van der Waals surface area contributed by atoms with Gasteiger partial charge in [-0.2, -0.15) is 0 Å². The average molecular weight is 376 g/mol. The molecular formula is C15H22BrNO3S. The number of carbonyl (C=O) groups excluding carboxylic acids is 1. The smallest absolute Gasteiger partial charge is 0.230 e. The summed E-state index contributed by atoms with van der Waals surface area (Å²) in [5.74, 6) is 0.0637. The highest BCUT2D eigenvalue weighted by atomic mass is 79.9. The summed E-state index contributed by atoms with van der Waals surface area (Å²) in [6.45, 7) is 5.29. The quantitative estimate of drug-likeness (QED) is 0.640. The van der Waals surface area contributed by atoms with Crippen LogP contribution >= 0.6 is 27.7 Å². The Morgan fingerprint density at radius 2 is 1.90 bits per heavy atom. The Labute approximate surface area is 138 Å². The van der Waals surface area contributed by atoms with Crippen molar-refractivity contribution in [1.82, 2.24) is 5.32 Å². The molecular weight excluding hydrogens is 354 g/mol. The van der Waals surface area contributed by atoms with Gasteiger partial charge in [-0.05, 0) is 43.5 Å². The summed E-state index contributed by atoms with van der Waals surface area (Å²) >= 11 is 4.94. The van der Waals surface area contributed by atoms with E-state index >= 15 is 0 Å². The summed E-state index contributed by atoms with van der Waals surface area (Å²) in [6.07, 6.45) is 0.479. The van der Waals surface area contributed by atoms with E-state index in [0.717, 1.165) is 20.5 Å². The van der Waals surface area contributed by atoms with Crippen molar-refractivity contribution in [3.05, 3.63) is 27.7 Å². The fourth-order valence-electron chi connectivity index (χ4n) is 1.83. The van der Waals surface area contributed by atoms with Crippen molar-refractivity contribution >= 4 is 33.6 Å². The molecule has 118 valence electrons. The van der Waals surface area contributed by atoms with E-state index in [1.165, 1.54) is 11.8 Å². The number of aliphatic hydroxyl groups is 2. The van der Waals surface area contributed by atoms with Gasteiger partial charge in [0.25, 0.3) is 0 Å². The standard InChI is InChI=1S/C15H22BrNO3S/c1-4-15(8-18,9-19)17-14(20)7-21-13-6-10(2)12(16)5-11(13)3/h5-6,18-19H,4,7-9H2,1-3H3,(H,17,20). The molecule has 0 saturated carbocycles. The van der Waals surface area contributed by atoms with Crippen molar-refractivity contribution in [3.8, 4) is 0 Å². The number of carbonyl (C=O) groups is 1. The van der Waals surface area contributed by atoms with Gasteiger partial charge in [-0.15, -0.1) is 11.8 Å². The number of nitrogens with one attached hydrogen (secondary N) is 1. The van der Waals surface area contributed by atoms with E-state index in [9.17, 15) is 15.0 Å². The summed E-state index contributed by atoms with van der Waals surface area (Å²) in [4.78, 5) is 13.1. The van der Waals surface area contributed by atoms with Crippen LogP contribution in [0.15, 0.2) is 21.5 Å². The first-order valence-electron chi connectivity index (χ1n) is 6.79. The minimum Gasteiger partial charge on any atom is -0.394 e. The molecule has 1 aromatic carbocycles. The van der Waals surface area contributed by atoms with Gasteiger partial charge in [-0.3, -0.25) is 4.79 Å². The van der Waals surface area contributed by atoms with Gasteiger partial charge >= 0.3 is 0 Å². The molecule has 0 unspecified atom stereocenters. The van der Waals surface area contributed by atoms with Crippen LogP contribution in [0.3, 0.4) is 0 Å². The Balaban J connectivity index is 2.67. The highest BCUT2D eigenvalue weighted by molar-refractivity contribution is 9.10. The van der Waals surface area contributed by atoms with Crippen molar-refractivity contribution in [2.24, 2.45) is 0 Å². The molecule has 4 nitrogen and oxygen atoms in total. The third-order valence-electron chi connectivity index (χ3n) is 3.50. The van der Waals surface area contributed by atoms with Crippen LogP contribution in [0.25, 0.3) is 0 Å². The van der Waals surface area contributed by atoms with E-state index in [0.29, 0.717) is 6.42 Å². The Morgan fingerprint density at radius 1 is 1.29 bits per heavy atom. The van der Waals surface area contributed by atoms with Gasteiger partial charge in [0.2, 0.25) is 5.91 Å². The first kappa shape index (κ1) is 18.5. The molecule has 0 heterocycles. The van der Waals surface area contributed by atoms with Crippen LogP contribution in [-0.4, -0.2) is 40.6 Å². The summed E-state index contributed by atoms with van der Waals surface area (Å²) < 4.78 is 1.05. The molecule has 0 radical (unpaired) electrons. The maximum Gasteiger partial charge on any atom is 0.230 e. The molecule has 21 heavy (non-hydrogen) atoms. The monoisotopic (exact) mass is 375 g/mol. The fraction of sp³-hybridized carbons (Fsp3) is 0.533. The highest BCUT2D eigenvalue weighted by Crippen LogP contribution is 2.28. The molecule has 0 bridgehead atoms. The molecule has 0 spiro atoms. The van der Waals surface area contributed by atoms with Crippen LogP contribution in [0.4, 0.5) is 0 Å². The molecule has 3 N–H and O–H groups in total. The zero-order valence-corrected chi connectivity index (χ0v) is 15.0. The van der Waals surface area contributed by atoms with Crippen LogP contribution in [0.2, 0.25) is 0 Å². The minimum atomic E-state index is -0.928. The molecule has 0 fully saturated rings. The zero-order chi connectivity index (χ0) is 16.0. The maximum atomic E-state index is 12.0. The molecule has 6 heteroatoms. The molecule has 0 aliphatic carbocycles. The van der Waals surface area contributed by atoms with E-state index in [1.807, 2.05) is 32.9 Å². The normalized spacial score (nSPS) is 11.5. The van der Waals surface area contributed by atoms with Gasteiger partial charge in [0, 0.05) is 9.37 Å². The van der Waals surface area contributed by atoms with Crippen LogP contribution in [0.1, 0.15) is 24.5 Å². The highest BCUT2D eigenvalue weighted by Gasteiger charge is 2.28. The van der Waals surface area contributed by atoms with Gasteiger partial charge in [0.05, 0.1) is 24.5 Å². The number of aryl methyl sites for hydroxylation is 2. The Bertz CT molecular complexity index is 496. The van der Waals surface area contributed by atoms with E-state index in [-0.39, 0.29) is 24.9 Å². The number of halogens is 1. The lowest BCUT2D eigenvalue weighted by Crippen LogP contribution is -2.54. The average Bonchev–Trinajstić information content (AvgIpc) is 2.47. The van der Waals surface area contributed by atoms with Gasteiger partial charge in [-0.25, -0.2) is 0 Å². The van der Waals surface area contributed by atoms with Crippen LogP contribution in [0.5, 0.6) is 0 Å². The van der Waals surface area contributed by atoms with E-state index in [4.69, 9.17) is 0 Å². The summed E-state index contributed by atoms with van der Waals surface area (Å²) in [6, 6.07) is 4.08. The van der Waals surface area contributed by atoms with Gasteiger partial charge in [0.15, 0.2) is 0 Å². The van der Waals surface area contributed by atoms with Gasteiger partial charge in [0.1, 0.15) is 0 Å². The number of hydrogen-bond donors (Lipinski definition) is 3. The van der Waals surface area contributed by atoms with E-state index in [1.54, 1.807) is 0 Å². The van der Waals surface area contributed by atoms with Gasteiger partial charge < -0.3 is 15.5 Å². The topological polar surface area (TPSA) is 69.6 Å². The first-order chi connectivity index (χ1) is 9.87. The van der Waals surface area contributed by atoms with Gasteiger partial charge in [-0.1, -0.05) is 22.9 Å². The number of hydrogen-bond acceptors (Lipinski definition) is 4. The number of benzene rings is 1. The number of rotatable bonds is 7. The number of amides is 1. The molecule has 0 aliphatic heterocycles. The molecule has 1 rings (SSSR count). The lowest BCUT2D eigenvalue weighted by atomic mass is 9.99. The van der Waals surface area contributed by atoms with Crippen molar-refractivity contribution < 1.29 is 15.0 Å². The number of thioether (sulfide) groups is 1.